The molecule has 29 heavy (non-hydrogen) atoms. The number of H-pyrrole nitrogens is 1. The molecular formula is C24H27N3O2. The van der Waals surface area contributed by atoms with Crippen molar-refractivity contribution in [2.24, 2.45) is 5.92 Å². The zero-order valence-corrected chi connectivity index (χ0v) is 16.9. The lowest BCUT2D eigenvalue weighted by molar-refractivity contribution is -0.136. The molecule has 0 spiro atoms. The van der Waals surface area contributed by atoms with Gasteiger partial charge in [0.1, 0.15) is 0 Å². The van der Waals surface area contributed by atoms with Gasteiger partial charge in [0.2, 0.25) is 11.8 Å². The minimum Gasteiger partial charge on any atom is -0.356 e. The van der Waals surface area contributed by atoms with E-state index in [1.165, 1.54) is 10.9 Å². The topological polar surface area (TPSA) is 65.2 Å². The molecule has 5 nitrogen and oxygen atoms in total. The van der Waals surface area contributed by atoms with E-state index in [0.717, 1.165) is 23.2 Å². The Balaban J connectivity index is 1.47. The van der Waals surface area contributed by atoms with Gasteiger partial charge in [0.05, 0.1) is 19.0 Å². The first kappa shape index (κ1) is 19.2. The van der Waals surface area contributed by atoms with E-state index in [9.17, 15) is 9.59 Å². The van der Waals surface area contributed by atoms with E-state index in [2.05, 4.69) is 42.3 Å². The SMILES string of the molecule is CC(C)C1c2[nH]c3ccccc3c2CCN1C(=O)CNC(=O)Cc1ccccc1. The maximum absolute atomic E-state index is 13.0. The van der Waals surface area contributed by atoms with Crippen molar-refractivity contribution in [3.63, 3.8) is 0 Å². The number of carbonyl (C=O) groups is 2. The minimum atomic E-state index is -0.131. The van der Waals surface area contributed by atoms with Crippen LogP contribution in [-0.4, -0.2) is 34.8 Å². The van der Waals surface area contributed by atoms with Crippen molar-refractivity contribution in [2.45, 2.75) is 32.7 Å². The second kappa shape index (κ2) is 8.11. The summed E-state index contributed by atoms with van der Waals surface area (Å²) in [6, 6.07) is 17.9. The van der Waals surface area contributed by atoms with Gasteiger partial charge < -0.3 is 15.2 Å². The molecule has 1 unspecified atom stereocenters. The van der Waals surface area contributed by atoms with Crippen LogP contribution in [0.15, 0.2) is 54.6 Å². The number of nitrogens with one attached hydrogen (secondary N) is 2. The molecule has 1 atom stereocenters. The minimum absolute atomic E-state index is 0.00956. The molecule has 0 bridgehead atoms. The third kappa shape index (κ3) is 3.90. The molecule has 150 valence electrons. The Bertz CT molecular complexity index is 1020. The van der Waals surface area contributed by atoms with Crippen molar-refractivity contribution in [1.82, 2.24) is 15.2 Å². The molecule has 2 N–H and O–H groups in total. The number of hydrogen-bond donors (Lipinski definition) is 2. The fraction of sp³-hybridized carbons (Fsp3) is 0.333. The summed E-state index contributed by atoms with van der Waals surface area (Å²) in [4.78, 5) is 30.7. The van der Waals surface area contributed by atoms with Gasteiger partial charge in [-0.3, -0.25) is 9.59 Å². The van der Waals surface area contributed by atoms with Gasteiger partial charge in [0, 0.05) is 23.1 Å². The molecule has 3 aromatic rings. The van der Waals surface area contributed by atoms with Crippen LogP contribution in [-0.2, 0) is 22.4 Å². The van der Waals surface area contributed by atoms with E-state index in [4.69, 9.17) is 0 Å². The second-order valence-corrected chi connectivity index (χ2v) is 8.03. The quantitative estimate of drug-likeness (QED) is 0.700. The van der Waals surface area contributed by atoms with Crippen LogP contribution < -0.4 is 5.32 Å². The van der Waals surface area contributed by atoms with Crippen molar-refractivity contribution in [2.75, 3.05) is 13.1 Å². The van der Waals surface area contributed by atoms with Crippen LogP contribution >= 0.6 is 0 Å². The molecule has 1 aliphatic rings. The molecule has 0 aliphatic carbocycles. The van der Waals surface area contributed by atoms with E-state index in [0.29, 0.717) is 6.54 Å². The van der Waals surface area contributed by atoms with Crippen LogP contribution in [0.4, 0.5) is 0 Å². The van der Waals surface area contributed by atoms with Gasteiger partial charge >= 0.3 is 0 Å². The summed E-state index contributed by atoms with van der Waals surface area (Å²) in [5.74, 6) is 0.106. The van der Waals surface area contributed by atoms with Crippen LogP contribution in [0.1, 0.15) is 36.7 Å². The molecule has 0 saturated carbocycles. The molecule has 1 aromatic heterocycles. The molecule has 2 aromatic carbocycles. The molecule has 5 heteroatoms. The number of hydrogen-bond acceptors (Lipinski definition) is 2. The van der Waals surface area contributed by atoms with Crippen LogP contribution in [0.25, 0.3) is 10.9 Å². The lowest BCUT2D eigenvalue weighted by Crippen LogP contribution is -2.46. The third-order valence-corrected chi connectivity index (χ3v) is 5.68. The molecule has 0 radical (unpaired) electrons. The first-order valence-corrected chi connectivity index (χ1v) is 10.2. The number of aromatic nitrogens is 1. The zero-order chi connectivity index (χ0) is 20.4. The van der Waals surface area contributed by atoms with E-state index < -0.39 is 0 Å². The smallest absolute Gasteiger partial charge is 0.242 e. The molecule has 2 heterocycles. The average molecular weight is 389 g/mol. The highest BCUT2D eigenvalue weighted by Crippen LogP contribution is 2.38. The average Bonchev–Trinajstić information content (AvgIpc) is 3.10. The zero-order valence-electron chi connectivity index (χ0n) is 16.9. The number of para-hydroxylation sites is 1. The number of aromatic amines is 1. The summed E-state index contributed by atoms with van der Waals surface area (Å²) in [5.41, 5.74) is 4.51. The van der Waals surface area contributed by atoms with Gasteiger partial charge in [-0.1, -0.05) is 62.4 Å². The van der Waals surface area contributed by atoms with Crippen molar-refractivity contribution < 1.29 is 9.59 Å². The molecule has 2 amide bonds. The maximum Gasteiger partial charge on any atom is 0.242 e. The van der Waals surface area contributed by atoms with Crippen LogP contribution in [0.2, 0.25) is 0 Å². The maximum atomic E-state index is 13.0. The van der Waals surface area contributed by atoms with E-state index in [-0.39, 0.29) is 36.7 Å². The molecular weight excluding hydrogens is 362 g/mol. The summed E-state index contributed by atoms with van der Waals surface area (Å²) in [6.07, 6.45) is 1.11. The molecule has 4 rings (SSSR count). The highest BCUT2D eigenvalue weighted by molar-refractivity contribution is 5.88. The largest absolute Gasteiger partial charge is 0.356 e. The Morgan fingerprint density at radius 2 is 1.83 bits per heavy atom. The number of benzene rings is 2. The monoisotopic (exact) mass is 389 g/mol. The van der Waals surface area contributed by atoms with Crippen LogP contribution in [0.3, 0.4) is 0 Å². The molecule has 1 aliphatic heterocycles. The fourth-order valence-electron chi connectivity index (χ4n) is 4.36. The van der Waals surface area contributed by atoms with Crippen LogP contribution in [0, 0.1) is 5.92 Å². The number of carbonyl (C=O) groups excluding carboxylic acids is 2. The van der Waals surface area contributed by atoms with Crippen LogP contribution in [0.5, 0.6) is 0 Å². The molecule has 0 fully saturated rings. The van der Waals surface area contributed by atoms with Gasteiger partial charge in [0.15, 0.2) is 0 Å². The third-order valence-electron chi connectivity index (χ3n) is 5.68. The Labute approximate surface area is 171 Å². The Morgan fingerprint density at radius 3 is 2.59 bits per heavy atom. The van der Waals surface area contributed by atoms with Gasteiger partial charge in [-0.15, -0.1) is 0 Å². The summed E-state index contributed by atoms with van der Waals surface area (Å²) < 4.78 is 0. The highest BCUT2D eigenvalue weighted by Gasteiger charge is 2.35. The summed E-state index contributed by atoms with van der Waals surface area (Å²) in [6.45, 7) is 4.98. The van der Waals surface area contributed by atoms with Gasteiger partial charge in [0.25, 0.3) is 0 Å². The first-order chi connectivity index (χ1) is 14.0. The van der Waals surface area contributed by atoms with E-state index in [1.807, 2.05) is 41.3 Å². The second-order valence-electron chi connectivity index (χ2n) is 8.03. The van der Waals surface area contributed by atoms with Gasteiger partial charge in [-0.2, -0.15) is 0 Å². The van der Waals surface area contributed by atoms with Crippen molar-refractivity contribution in [3.8, 4) is 0 Å². The lowest BCUT2D eigenvalue weighted by atomic mass is 9.90. The van der Waals surface area contributed by atoms with Gasteiger partial charge in [-0.25, -0.2) is 0 Å². The number of rotatable bonds is 5. The Kier molecular flexibility index (Phi) is 5.38. The Morgan fingerprint density at radius 1 is 1.10 bits per heavy atom. The van der Waals surface area contributed by atoms with Crippen molar-refractivity contribution in [1.29, 1.82) is 0 Å². The van der Waals surface area contributed by atoms with E-state index >= 15 is 0 Å². The highest BCUT2D eigenvalue weighted by atomic mass is 16.2. The predicted molar refractivity (Wildman–Crippen MR) is 114 cm³/mol. The van der Waals surface area contributed by atoms with Gasteiger partial charge in [-0.05, 0) is 29.5 Å². The summed E-state index contributed by atoms with van der Waals surface area (Å²) >= 11 is 0. The fourth-order valence-corrected chi connectivity index (χ4v) is 4.36. The number of fused-ring (bicyclic) bond motifs is 3. The predicted octanol–water partition coefficient (Wildman–Crippen LogP) is 3.61. The van der Waals surface area contributed by atoms with Crippen molar-refractivity contribution >= 4 is 22.7 Å². The van der Waals surface area contributed by atoms with Crippen molar-refractivity contribution in [3.05, 3.63) is 71.4 Å². The first-order valence-electron chi connectivity index (χ1n) is 10.2. The Hall–Kier alpha value is -3.08. The standard InChI is InChI=1S/C24H27N3O2/c1-16(2)24-23-19(18-10-6-7-11-20(18)26-23)12-13-27(24)22(29)15-25-21(28)14-17-8-4-3-5-9-17/h3-11,16,24,26H,12-15H2,1-2H3,(H,25,28). The number of amides is 2. The lowest BCUT2D eigenvalue weighted by Gasteiger charge is -2.38. The van der Waals surface area contributed by atoms with E-state index in [1.54, 1.807) is 0 Å². The summed E-state index contributed by atoms with van der Waals surface area (Å²) in [5, 5.41) is 4.04. The molecule has 0 saturated heterocycles. The normalized spacial score (nSPS) is 16.1. The number of nitrogens with zero attached hydrogens (tertiary/aromatic N) is 1. The summed E-state index contributed by atoms with van der Waals surface area (Å²) in [7, 11) is 0.